The summed E-state index contributed by atoms with van der Waals surface area (Å²) in [4.78, 5) is 0. The summed E-state index contributed by atoms with van der Waals surface area (Å²) in [5.74, 6) is 1.38. The summed E-state index contributed by atoms with van der Waals surface area (Å²) in [6.07, 6.45) is 0. The molecule has 0 unspecified atom stereocenters. The van der Waals surface area contributed by atoms with Crippen LogP contribution in [0.5, 0.6) is 0 Å². The Morgan fingerprint density at radius 3 is 3.08 bits per heavy atom. The number of benzene rings is 1. The fourth-order valence-corrected chi connectivity index (χ4v) is 2.92. The van der Waals surface area contributed by atoms with Gasteiger partial charge in [0, 0.05) is 22.6 Å². The van der Waals surface area contributed by atoms with Gasteiger partial charge < -0.3 is 5.73 Å². The average molecular weight is 218 g/mol. The molecule has 0 fully saturated rings. The summed E-state index contributed by atoms with van der Waals surface area (Å²) in [6, 6.07) is 2.76. The van der Waals surface area contributed by atoms with Gasteiger partial charge in [-0.05, 0) is 23.3 Å². The van der Waals surface area contributed by atoms with Crippen LogP contribution in [0.4, 0.5) is 4.39 Å². The van der Waals surface area contributed by atoms with Gasteiger partial charge in [0.05, 0.1) is 0 Å². The molecular weight excluding hydrogens is 209 g/mol. The van der Waals surface area contributed by atoms with Crippen molar-refractivity contribution in [3.63, 3.8) is 0 Å². The largest absolute Gasteiger partial charge is 0.323 e. The van der Waals surface area contributed by atoms with Crippen LogP contribution in [0, 0.1) is 5.82 Å². The van der Waals surface area contributed by atoms with Crippen molar-refractivity contribution in [1.29, 1.82) is 0 Å². The van der Waals surface area contributed by atoms with Crippen molar-refractivity contribution in [3.8, 4) is 0 Å². The number of thioether (sulfide) groups is 1. The maximum atomic E-state index is 13.0. The Hall–Kier alpha value is -0.250. The Labute approximate surface area is 85.5 Å². The van der Waals surface area contributed by atoms with Crippen molar-refractivity contribution < 1.29 is 4.39 Å². The SMILES string of the molecule is N[C@@H]1CSCc2c(Cl)cc(F)cc21. The third-order valence-electron chi connectivity index (χ3n) is 2.14. The quantitative estimate of drug-likeness (QED) is 0.723. The second-order valence-electron chi connectivity index (χ2n) is 3.08. The Kier molecular flexibility index (Phi) is 2.49. The summed E-state index contributed by atoms with van der Waals surface area (Å²) in [7, 11) is 0. The molecule has 0 aromatic heterocycles. The fourth-order valence-electron chi connectivity index (χ4n) is 1.48. The number of hydrogen-bond acceptors (Lipinski definition) is 2. The third kappa shape index (κ3) is 1.68. The van der Waals surface area contributed by atoms with Gasteiger partial charge >= 0.3 is 0 Å². The van der Waals surface area contributed by atoms with E-state index in [2.05, 4.69) is 0 Å². The zero-order valence-electron chi connectivity index (χ0n) is 6.89. The highest BCUT2D eigenvalue weighted by molar-refractivity contribution is 7.98. The van der Waals surface area contributed by atoms with E-state index in [9.17, 15) is 4.39 Å². The zero-order chi connectivity index (χ0) is 9.42. The summed E-state index contributed by atoms with van der Waals surface area (Å²) < 4.78 is 13.0. The highest BCUT2D eigenvalue weighted by Gasteiger charge is 2.20. The van der Waals surface area contributed by atoms with Crippen LogP contribution >= 0.6 is 23.4 Å². The molecule has 2 rings (SSSR count). The predicted octanol–water partition coefficient (Wildman–Crippen LogP) is 2.73. The highest BCUT2D eigenvalue weighted by atomic mass is 35.5. The minimum absolute atomic E-state index is 0.0815. The molecule has 0 saturated heterocycles. The molecule has 1 aliphatic heterocycles. The zero-order valence-corrected chi connectivity index (χ0v) is 8.46. The van der Waals surface area contributed by atoms with Crippen molar-refractivity contribution in [2.75, 3.05) is 5.75 Å². The van der Waals surface area contributed by atoms with E-state index in [0.717, 1.165) is 22.6 Å². The van der Waals surface area contributed by atoms with Crippen LogP contribution in [0.15, 0.2) is 12.1 Å². The van der Waals surface area contributed by atoms with Crippen molar-refractivity contribution >= 4 is 23.4 Å². The Bertz CT molecular complexity index is 343. The summed E-state index contributed by atoms with van der Waals surface area (Å²) >= 11 is 7.64. The first-order chi connectivity index (χ1) is 6.18. The lowest BCUT2D eigenvalue weighted by Gasteiger charge is -2.22. The van der Waals surface area contributed by atoms with Crippen LogP contribution < -0.4 is 5.73 Å². The molecule has 1 atom stereocenters. The molecule has 1 aliphatic rings. The van der Waals surface area contributed by atoms with Crippen LogP contribution in [-0.2, 0) is 5.75 Å². The predicted molar refractivity (Wildman–Crippen MR) is 54.5 cm³/mol. The van der Waals surface area contributed by atoms with Crippen LogP contribution in [0.2, 0.25) is 5.02 Å². The van der Waals surface area contributed by atoms with E-state index >= 15 is 0 Å². The molecule has 1 aromatic carbocycles. The molecule has 1 aromatic rings. The van der Waals surface area contributed by atoms with Crippen LogP contribution in [0.3, 0.4) is 0 Å². The first-order valence-corrected chi connectivity index (χ1v) is 5.53. The highest BCUT2D eigenvalue weighted by Crippen LogP contribution is 2.35. The van der Waals surface area contributed by atoms with E-state index < -0.39 is 0 Å². The van der Waals surface area contributed by atoms with E-state index in [1.54, 1.807) is 11.8 Å². The number of rotatable bonds is 0. The fraction of sp³-hybridized carbons (Fsp3) is 0.333. The number of fused-ring (bicyclic) bond motifs is 1. The standard InChI is InChI=1S/C9H9ClFNS/c10-8-2-5(11)1-6-7(8)3-13-4-9(6)12/h1-2,9H,3-4,12H2/t9-/m1/s1. The molecule has 0 saturated carbocycles. The van der Waals surface area contributed by atoms with E-state index in [1.165, 1.54) is 12.1 Å². The molecule has 0 aliphatic carbocycles. The molecule has 1 heterocycles. The van der Waals surface area contributed by atoms with E-state index in [-0.39, 0.29) is 11.9 Å². The molecule has 0 spiro atoms. The van der Waals surface area contributed by atoms with Crippen molar-refractivity contribution in [3.05, 3.63) is 34.1 Å². The molecule has 0 radical (unpaired) electrons. The Morgan fingerprint density at radius 2 is 2.31 bits per heavy atom. The number of hydrogen-bond donors (Lipinski definition) is 1. The van der Waals surface area contributed by atoms with E-state index in [1.807, 2.05) is 0 Å². The van der Waals surface area contributed by atoms with Crippen molar-refractivity contribution in [1.82, 2.24) is 0 Å². The Balaban J connectivity index is 2.56. The second kappa shape index (κ2) is 3.48. The second-order valence-corrected chi connectivity index (χ2v) is 4.51. The van der Waals surface area contributed by atoms with E-state index in [0.29, 0.717) is 5.02 Å². The summed E-state index contributed by atoms with van der Waals surface area (Å²) in [6.45, 7) is 0. The van der Waals surface area contributed by atoms with Crippen LogP contribution in [-0.4, -0.2) is 5.75 Å². The molecule has 0 amide bonds. The molecule has 1 nitrogen and oxygen atoms in total. The average Bonchev–Trinajstić information content (AvgIpc) is 2.07. The minimum atomic E-state index is -0.300. The summed E-state index contributed by atoms with van der Waals surface area (Å²) in [5, 5.41) is 0.498. The van der Waals surface area contributed by atoms with Crippen LogP contribution in [0.25, 0.3) is 0 Å². The third-order valence-corrected chi connectivity index (χ3v) is 3.56. The lowest BCUT2D eigenvalue weighted by Crippen LogP contribution is -2.19. The molecular formula is C9H9ClFNS. The maximum Gasteiger partial charge on any atom is 0.125 e. The molecule has 0 bridgehead atoms. The molecule has 13 heavy (non-hydrogen) atoms. The van der Waals surface area contributed by atoms with Gasteiger partial charge in [-0.3, -0.25) is 0 Å². The minimum Gasteiger partial charge on any atom is -0.323 e. The van der Waals surface area contributed by atoms with Gasteiger partial charge in [0.25, 0.3) is 0 Å². The van der Waals surface area contributed by atoms with E-state index in [4.69, 9.17) is 17.3 Å². The van der Waals surface area contributed by atoms with Crippen molar-refractivity contribution in [2.24, 2.45) is 5.73 Å². The van der Waals surface area contributed by atoms with Crippen LogP contribution in [0.1, 0.15) is 17.2 Å². The van der Waals surface area contributed by atoms with Gasteiger partial charge in [-0.25, -0.2) is 4.39 Å². The lowest BCUT2D eigenvalue weighted by molar-refractivity contribution is 0.621. The monoisotopic (exact) mass is 217 g/mol. The first-order valence-electron chi connectivity index (χ1n) is 3.99. The van der Waals surface area contributed by atoms with Crippen molar-refractivity contribution in [2.45, 2.75) is 11.8 Å². The molecule has 70 valence electrons. The number of halogens is 2. The number of nitrogens with two attached hydrogens (primary N) is 1. The van der Waals surface area contributed by atoms with Gasteiger partial charge in [0.2, 0.25) is 0 Å². The normalized spacial score (nSPS) is 21.3. The van der Waals surface area contributed by atoms with Gasteiger partial charge in [0.1, 0.15) is 5.82 Å². The molecule has 2 N–H and O–H groups in total. The lowest BCUT2D eigenvalue weighted by atomic mass is 10.0. The topological polar surface area (TPSA) is 26.0 Å². The van der Waals surface area contributed by atoms with Gasteiger partial charge in [-0.2, -0.15) is 11.8 Å². The molecule has 4 heteroatoms. The first kappa shape index (κ1) is 9.31. The van der Waals surface area contributed by atoms with Gasteiger partial charge in [-0.1, -0.05) is 11.6 Å². The smallest absolute Gasteiger partial charge is 0.125 e. The summed E-state index contributed by atoms with van der Waals surface area (Å²) in [5.41, 5.74) is 7.69. The van der Waals surface area contributed by atoms with Gasteiger partial charge in [0.15, 0.2) is 0 Å². The maximum absolute atomic E-state index is 13.0. The van der Waals surface area contributed by atoms with Gasteiger partial charge in [-0.15, -0.1) is 0 Å². The Morgan fingerprint density at radius 1 is 1.54 bits per heavy atom.